The SMILES string of the molecule is O=C1S/C(=C\c2cc(Br)ccc2Oc2ccc(C(F)(F)F)cc2[N+](=O)[O-])C(=O)N1CCOc1ccccc1Cl. The summed E-state index contributed by atoms with van der Waals surface area (Å²) < 4.78 is 50.9. The van der Waals surface area contributed by atoms with Crippen LogP contribution >= 0.6 is 39.3 Å². The van der Waals surface area contributed by atoms with Crippen molar-refractivity contribution in [2.75, 3.05) is 13.2 Å². The molecule has 1 saturated heterocycles. The Bertz CT molecular complexity index is 1500. The lowest BCUT2D eigenvalue weighted by Gasteiger charge is -2.14. The quantitative estimate of drug-likeness (QED) is 0.140. The van der Waals surface area contributed by atoms with E-state index in [4.69, 9.17) is 21.1 Å². The van der Waals surface area contributed by atoms with Gasteiger partial charge >= 0.3 is 11.9 Å². The van der Waals surface area contributed by atoms with Gasteiger partial charge in [0.25, 0.3) is 11.1 Å². The first kappa shape index (κ1) is 28.5. The van der Waals surface area contributed by atoms with Crippen molar-refractivity contribution in [3.8, 4) is 17.2 Å². The number of nitrogens with zero attached hydrogens (tertiary/aromatic N) is 2. The summed E-state index contributed by atoms with van der Waals surface area (Å²) in [6.45, 7) is -0.0509. The zero-order chi connectivity index (χ0) is 28.3. The molecule has 0 saturated carbocycles. The van der Waals surface area contributed by atoms with E-state index in [1.165, 1.54) is 18.2 Å². The first-order valence-corrected chi connectivity index (χ1v) is 12.9. The Kier molecular flexibility index (Phi) is 8.52. The Morgan fingerprint density at radius 3 is 2.46 bits per heavy atom. The summed E-state index contributed by atoms with van der Waals surface area (Å²) in [5.41, 5.74) is -1.85. The molecule has 0 aromatic heterocycles. The number of nitro groups is 1. The lowest BCUT2D eigenvalue weighted by atomic mass is 10.1. The second-order valence-corrected chi connectivity index (χ2v) is 10.1. The number of benzene rings is 3. The van der Waals surface area contributed by atoms with E-state index in [1.54, 1.807) is 30.3 Å². The van der Waals surface area contributed by atoms with Crippen LogP contribution in [-0.4, -0.2) is 34.1 Å². The molecule has 202 valence electrons. The molecule has 0 radical (unpaired) electrons. The van der Waals surface area contributed by atoms with E-state index in [-0.39, 0.29) is 29.4 Å². The van der Waals surface area contributed by atoms with Crippen LogP contribution in [0.1, 0.15) is 11.1 Å². The summed E-state index contributed by atoms with van der Waals surface area (Å²) in [6, 6.07) is 13.1. The summed E-state index contributed by atoms with van der Waals surface area (Å²) in [7, 11) is 0. The standard InChI is InChI=1S/C25H15BrClF3N2O6S/c26-16-6-8-19(38-21-7-5-15(25(28,29)30)13-18(21)32(35)36)14(11-16)12-22-23(33)31(24(34)39-22)9-10-37-20-4-2-1-3-17(20)27/h1-8,11-13H,9-10H2/b22-12-. The Morgan fingerprint density at radius 2 is 1.77 bits per heavy atom. The summed E-state index contributed by atoms with van der Waals surface area (Å²) in [4.78, 5) is 37.0. The molecule has 0 atom stereocenters. The number of carbonyl (C=O) groups excluding carboxylic acids is 2. The van der Waals surface area contributed by atoms with Crippen molar-refractivity contribution in [1.82, 2.24) is 4.90 Å². The summed E-state index contributed by atoms with van der Waals surface area (Å²) in [6.07, 6.45) is -3.43. The number of ether oxygens (including phenoxy) is 2. The van der Waals surface area contributed by atoms with Crippen LogP contribution in [0.4, 0.5) is 23.7 Å². The monoisotopic (exact) mass is 642 g/mol. The Labute approximate surface area is 236 Å². The molecule has 14 heteroatoms. The molecule has 3 aromatic rings. The van der Waals surface area contributed by atoms with Gasteiger partial charge in [0.15, 0.2) is 0 Å². The molecule has 0 aliphatic carbocycles. The van der Waals surface area contributed by atoms with Crippen LogP contribution in [0, 0.1) is 10.1 Å². The van der Waals surface area contributed by atoms with Gasteiger partial charge in [0, 0.05) is 16.1 Å². The molecular weight excluding hydrogens is 629 g/mol. The van der Waals surface area contributed by atoms with Crippen molar-refractivity contribution in [2.24, 2.45) is 0 Å². The normalized spacial score (nSPS) is 14.7. The van der Waals surface area contributed by atoms with Gasteiger partial charge in [0.05, 0.1) is 27.0 Å². The third-order valence-electron chi connectivity index (χ3n) is 5.24. The average molecular weight is 644 g/mol. The molecule has 1 aliphatic heterocycles. The third kappa shape index (κ3) is 6.72. The first-order valence-electron chi connectivity index (χ1n) is 10.9. The first-order chi connectivity index (χ1) is 18.4. The molecule has 1 heterocycles. The fraction of sp³-hybridized carbons (Fsp3) is 0.120. The van der Waals surface area contributed by atoms with Crippen LogP contribution < -0.4 is 9.47 Å². The van der Waals surface area contributed by atoms with Crippen LogP contribution in [0.5, 0.6) is 17.2 Å². The Morgan fingerprint density at radius 1 is 1.05 bits per heavy atom. The van der Waals surface area contributed by atoms with E-state index >= 15 is 0 Å². The lowest BCUT2D eigenvalue weighted by molar-refractivity contribution is -0.385. The number of alkyl halides is 3. The van der Waals surface area contributed by atoms with Crippen molar-refractivity contribution in [3.63, 3.8) is 0 Å². The Balaban J connectivity index is 1.56. The molecule has 2 amide bonds. The summed E-state index contributed by atoms with van der Waals surface area (Å²) >= 11 is 10.0. The largest absolute Gasteiger partial charge is 0.490 e. The van der Waals surface area contributed by atoms with Crippen molar-refractivity contribution in [2.45, 2.75) is 6.18 Å². The van der Waals surface area contributed by atoms with Crippen LogP contribution in [0.25, 0.3) is 6.08 Å². The number of hydrogen-bond donors (Lipinski definition) is 0. The maximum Gasteiger partial charge on any atom is 0.416 e. The number of rotatable bonds is 8. The van der Waals surface area contributed by atoms with Gasteiger partial charge in [-0.1, -0.05) is 39.7 Å². The fourth-order valence-electron chi connectivity index (χ4n) is 3.41. The molecule has 0 bridgehead atoms. The third-order valence-corrected chi connectivity index (χ3v) is 6.96. The number of carbonyl (C=O) groups is 2. The number of nitro benzene ring substituents is 1. The predicted octanol–water partition coefficient (Wildman–Crippen LogP) is 7.94. The van der Waals surface area contributed by atoms with Crippen molar-refractivity contribution >= 4 is 62.2 Å². The van der Waals surface area contributed by atoms with E-state index in [0.717, 1.165) is 11.0 Å². The molecule has 4 rings (SSSR count). The van der Waals surface area contributed by atoms with Crippen molar-refractivity contribution < 1.29 is 37.2 Å². The second-order valence-electron chi connectivity index (χ2n) is 7.83. The second kappa shape index (κ2) is 11.7. The van der Waals surface area contributed by atoms with Crippen molar-refractivity contribution in [3.05, 3.63) is 96.3 Å². The van der Waals surface area contributed by atoms with E-state index in [9.17, 15) is 32.9 Å². The topological polar surface area (TPSA) is 99.0 Å². The minimum absolute atomic E-state index is 0.00210. The minimum atomic E-state index is -4.78. The highest BCUT2D eigenvalue weighted by atomic mass is 79.9. The lowest BCUT2D eigenvalue weighted by Crippen LogP contribution is -2.32. The van der Waals surface area contributed by atoms with E-state index < -0.39 is 39.2 Å². The van der Waals surface area contributed by atoms with Gasteiger partial charge < -0.3 is 9.47 Å². The van der Waals surface area contributed by atoms with E-state index in [0.29, 0.717) is 39.1 Å². The number of amides is 2. The van der Waals surface area contributed by atoms with E-state index in [2.05, 4.69) is 15.9 Å². The van der Waals surface area contributed by atoms with Gasteiger partial charge in [-0.2, -0.15) is 13.2 Å². The maximum atomic E-state index is 13.1. The van der Waals surface area contributed by atoms with Gasteiger partial charge in [0.1, 0.15) is 18.1 Å². The number of para-hydroxylation sites is 1. The van der Waals surface area contributed by atoms with Gasteiger partial charge in [-0.25, -0.2) is 0 Å². The van der Waals surface area contributed by atoms with Crippen LogP contribution in [0.2, 0.25) is 5.02 Å². The molecule has 0 N–H and O–H groups in total. The molecule has 1 fully saturated rings. The Hall–Kier alpha value is -3.55. The molecule has 1 aliphatic rings. The maximum absolute atomic E-state index is 13.1. The van der Waals surface area contributed by atoms with Gasteiger partial charge in [-0.3, -0.25) is 24.6 Å². The molecule has 0 unspecified atom stereocenters. The molecule has 8 nitrogen and oxygen atoms in total. The summed E-state index contributed by atoms with van der Waals surface area (Å²) in [5.74, 6) is -0.626. The average Bonchev–Trinajstić information content (AvgIpc) is 3.13. The number of imide groups is 1. The summed E-state index contributed by atoms with van der Waals surface area (Å²) in [5, 5.41) is 11.3. The minimum Gasteiger partial charge on any atom is -0.490 e. The highest BCUT2D eigenvalue weighted by Crippen LogP contribution is 2.40. The fourth-order valence-corrected chi connectivity index (χ4v) is 4.83. The zero-order valence-corrected chi connectivity index (χ0v) is 22.6. The van der Waals surface area contributed by atoms with Crippen molar-refractivity contribution in [1.29, 1.82) is 0 Å². The van der Waals surface area contributed by atoms with Gasteiger partial charge in [0.2, 0.25) is 5.75 Å². The van der Waals surface area contributed by atoms with Gasteiger partial charge in [-0.05, 0) is 60.3 Å². The van der Waals surface area contributed by atoms with Gasteiger partial charge in [-0.15, -0.1) is 0 Å². The molecule has 0 spiro atoms. The van der Waals surface area contributed by atoms with E-state index in [1.807, 2.05) is 0 Å². The number of halogens is 5. The molecule has 3 aromatic carbocycles. The van der Waals surface area contributed by atoms with Crippen LogP contribution in [0.15, 0.2) is 70.0 Å². The highest BCUT2D eigenvalue weighted by Gasteiger charge is 2.36. The highest BCUT2D eigenvalue weighted by molar-refractivity contribution is 9.10. The van der Waals surface area contributed by atoms with Crippen LogP contribution in [-0.2, 0) is 11.0 Å². The molecule has 39 heavy (non-hydrogen) atoms. The molecular formula is C25H15BrClF3N2O6S. The number of hydrogen-bond acceptors (Lipinski definition) is 7. The number of thioether (sulfide) groups is 1. The predicted molar refractivity (Wildman–Crippen MR) is 142 cm³/mol. The smallest absolute Gasteiger partial charge is 0.416 e. The van der Waals surface area contributed by atoms with Crippen LogP contribution in [0.3, 0.4) is 0 Å². The zero-order valence-electron chi connectivity index (χ0n) is 19.4.